The van der Waals surface area contributed by atoms with Crippen molar-refractivity contribution in [1.29, 1.82) is 0 Å². The molecule has 0 saturated heterocycles. The summed E-state index contributed by atoms with van der Waals surface area (Å²) in [5.41, 5.74) is 0.890. The van der Waals surface area contributed by atoms with Gasteiger partial charge in [0.25, 0.3) is 5.91 Å². The van der Waals surface area contributed by atoms with Crippen LogP contribution in [0.3, 0.4) is 0 Å². The predicted octanol–water partition coefficient (Wildman–Crippen LogP) is 5.86. The van der Waals surface area contributed by atoms with Crippen molar-refractivity contribution in [2.75, 3.05) is 13.7 Å². The number of carbonyl (C=O) groups excluding carboxylic acids is 2. The summed E-state index contributed by atoms with van der Waals surface area (Å²) in [6.45, 7) is 2.05. The molecule has 0 heterocycles. The number of benzene rings is 3. The van der Waals surface area contributed by atoms with E-state index in [1.807, 2.05) is 67.6 Å². The highest BCUT2D eigenvalue weighted by Crippen LogP contribution is 2.33. The van der Waals surface area contributed by atoms with Crippen LogP contribution in [0, 0.1) is 0 Å². The van der Waals surface area contributed by atoms with E-state index >= 15 is 0 Å². The first-order valence-corrected chi connectivity index (χ1v) is 13.3. The number of fused-ring (bicyclic) bond motifs is 1. The van der Waals surface area contributed by atoms with Crippen molar-refractivity contribution in [2.45, 2.75) is 57.7 Å². The Morgan fingerprint density at radius 2 is 1.86 bits per heavy atom. The molecule has 0 unspecified atom stereocenters. The summed E-state index contributed by atoms with van der Waals surface area (Å²) in [6, 6.07) is 19.0. The molecule has 190 valence electrons. The number of ether oxygens (including phenoxy) is 2. The van der Waals surface area contributed by atoms with E-state index < -0.39 is 6.04 Å². The number of amides is 2. The Morgan fingerprint density at radius 3 is 2.61 bits per heavy atom. The van der Waals surface area contributed by atoms with E-state index in [1.165, 1.54) is 0 Å². The summed E-state index contributed by atoms with van der Waals surface area (Å²) in [4.78, 5) is 28.5. The summed E-state index contributed by atoms with van der Waals surface area (Å²) in [5.74, 6) is 0.949. The molecule has 36 heavy (non-hydrogen) atoms. The van der Waals surface area contributed by atoms with Gasteiger partial charge in [-0.05, 0) is 69.7 Å². The number of methoxy groups -OCH3 is 1. The second-order valence-electron chi connectivity index (χ2n) is 9.17. The maximum Gasteiger partial charge on any atom is 0.261 e. The molecule has 1 atom stereocenters. The molecule has 0 bridgehead atoms. The molecule has 1 fully saturated rings. The minimum Gasteiger partial charge on any atom is -0.497 e. The van der Waals surface area contributed by atoms with Crippen LogP contribution in [0.25, 0.3) is 10.8 Å². The molecule has 1 aliphatic rings. The summed E-state index contributed by atoms with van der Waals surface area (Å²) in [5, 5.41) is 5.26. The number of halogens is 1. The fourth-order valence-corrected chi connectivity index (χ4v) is 5.41. The van der Waals surface area contributed by atoms with E-state index in [0.29, 0.717) is 17.9 Å². The summed E-state index contributed by atoms with van der Waals surface area (Å²) in [7, 11) is 1.61. The molecule has 3 aromatic rings. The monoisotopic (exact) mass is 552 g/mol. The Morgan fingerprint density at radius 1 is 1.08 bits per heavy atom. The zero-order chi connectivity index (χ0) is 25.5. The maximum atomic E-state index is 13.6. The number of hydrogen-bond acceptors (Lipinski definition) is 4. The average molecular weight is 553 g/mol. The van der Waals surface area contributed by atoms with E-state index in [9.17, 15) is 9.59 Å². The molecule has 2 amide bonds. The number of rotatable bonds is 10. The van der Waals surface area contributed by atoms with Gasteiger partial charge in [-0.2, -0.15) is 0 Å². The van der Waals surface area contributed by atoms with Gasteiger partial charge in [-0.3, -0.25) is 9.59 Å². The third kappa shape index (κ3) is 6.19. The number of nitrogens with zero attached hydrogens (tertiary/aromatic N) is 1. The fraction of sp³-hybridized carbons (Fsp3) is 0.379. The van der Waals surface area contributed by atoms with Gasteiger partial charge >= 0.3 is 0 Å². The summed E-state index contributed by atoms with van der Waals surface area (Å²) < 4.78 is 12.1. The molecule has 3 aromatic carbocycles. The lowest BCUT2D eigenvalue weighted by Crippen LogP contribution is -2.52. The molecule has 6 nitrogen and oxygen atoms in total. The first-order valence-electron chi connectivity index (χ1n) is 12.5. The molecule has 1 saturated carbocycles. The van der Waals surface area contributed by atoms with Crippen LogP contribution in [-0.2, 0) is 16.1 Å². The molecule has 0 aromatic heterocycles. The highest BCUT2D eigenvalue weighted by molar-refractivity contribution is 9.10. The number of hydrogen-bond donors (Lipinski definition) is 1. The van der Waals surface area contributed by atoms with Gasteiger partial charge in [0.15, 0.2) is 6.61 Å². The molecule has 0 spiro atoms. The first-order chi connectivity index (χ1) is 17.5. The minimum atomic E-state index is -0.590. The molecule has 4 rings (SSSR count). The van der Waals surface area contributed by atoms with Gasteiger partial charge < -0.3 is 19.7 Å². The normalized spacial score (nSPS) is 14.4. The van der Waals surface area contributed by atoms with E-state index in [0.717, 1.165) is 46.5 Å². The lowest BCUT2D eigenvalue weighted by molar-refractivity contribution is -0.143. The van der Waals surface area contributed by atoms with Gasteiger partial charge in [0.2, 0.25) is 5.91 Å². The third-order valence-corrected chi connectivity index (χ3v) is 7.57. The zero-order valence-corrected chi connectivity index (χ0v) is 22.4. The van der Waals surface area contributed by atoms with Gasteiger partial charge in [0.1, 0.15) is 17.5 Å². The number of nitrogens with one attached hydrogen (secondary N) is 1. The van der Waals surface area contributed by atoms with Crippen molar-refractivity contribution >= 4 is 38.5 Å². The van der Waals surface area contributed by atoms with Crippen molar-refractivity contribution in [2.24, 2.45) is 0 Å². The lowest BCUT2D eigenvalue weighted by atomic mass is 10.1. The van der Waals surface area contributed by atoms with Crippen LogP contribution in [0.1, 0.15) is 44.6 Å². The Balaban J connectivity index is 1.54. The maximum absolute atomic E-state index is 13.6. The molecular weight excluding hydrogens is 520 g/mol. The van der Waals surface area contributed by atoms with Crippen LogP contribution in [0.5, 0.6) is 11.5 Å². The van der Waals surface area contributed by atoms with E-state index in [4.69, 9.17) is 9.47 Å². The molecule has 0 aliphatic heterocycles. The quantitative estimate of drug-likeness (QED) is 0.342. The second kappa shape index (κ2) is 12.3. The third-order valence-electron chi connectivity index (χ3n) is 6.75. The highest BCUT2D eigenvalue weighted by atomic mass is 79.9. The Hall–Kier alpha value is -3.06. The van der Waals surface area contributed by atoms with Crippen LogP contribution in [-0.4, -0.2) is 42.5 Å². The first kappa shape index (κ1) is 26.0. The smallest absolute Gasteiger partial charge is 0.261 e. The Labute approximate surface area is 221 Å². The van der Waals surface area contributed by atoms with Gasteiger partial charge in [-0.25, -0.2) is 0 Å². The minimum absolute atomic E-state index is 0.104. The van der Waals surface area contributed by atoms with Crippen molar-refractivity contribution < 1.29 is 19.1 Å². The van der Waals surface area contributed by atoms with Crippen molar-refractivity contribution in [3.05, 3.63) is 70.7 Å². The van der Waals surface area contributed by atoms with Gasteiger partial charge in [0, 0.05) is 12.6 Å². The van der Waals surface area contributed by atoms with Crippen LogP contribution in [0.4, 0.5) is 0 Å². The Kier molecular flexibility index (Phi) is 8.86. The Bertz CT molecular complexity index is 1210. The van der Waals surface area contributed by atoms with E-state index in [2.05, 4.69) is 21.2 Å². The topological polar surface area (TPSA) is 67.9 Å². The molecule has 1 aliphatic carbocycles. The van der Waals surface area contributed by atoms with Crippen LogP contribution < -0.4 is 14.8 Å². The van der Waals surface area contributed by atoms with Crippen LogP contribution >= 0.6 is 15.9 Å². The average Bonchev–Trinajstić information content (AvgIpc) is 3.41. The summed E-state index contributed by atoms with van der Waals surface area (Å²) >= 11 is 3.63. The SMILES string of the molecule is CC[C@H](C(=O)NC1CCCC1)N(Cc1cccc(OC)c1)C(=O)COc1ccc2ccccc2c1Br. The summed E-state index contributed by atoms with van der Waals surface area (Å²) in [6.07, 6.45) is 4.75. The zero-order valence-electron chi connectivity index (χ0n) is 20.8. The van der Waals surface area contributed by atoms with Crippen LogP contribution in [0.2, 0.25) is 0 Å². The van der Waals surface area contributed by atoms with Crippen LogP contribution in [0.15, 0.2) is 65.1 Å². The standard InChI is InChI=1S/C29H33BrN2O4/c1-3-25(29(34)31-22-11-5-6-12-22)32(18-20-9-8-13-23(17-20)35-2)27(33)19-36-26-16-15-21-10-4-7-14-24(21)28(26)30/h4,7-10,13-17,22,25H,3,5-6,11-12,18-19H2,1-2H3,(H,31,34)/t25-/m1/s1. The highest BCUT2D eigenvalue weighted by Gasteiger charge is 2.31. The lowest BCUT2D eigenvalue weighted by Gasteiger charge is -2.31. The van der Waals surface area contributed by atoms with Crippen molar-refractivity contribution in [3.63, 3.8) is 0 Å². The second-order valence-corrected chi connectivity index (χ2v) is 9.97. The van der Waals surface area contributed by atoms with Gasteiger partial charge in [-0.15, -0.1) is 0 Å². The van der Waals surface area contributed by atoms with Crippen molar-refractivity contribution in [1.82, 2.24) is 10.2 Å². The number of carbonyl (C=O) groups is 2. The fourth-order valence-electron chi connectivity index (χ4n) is 4.80. The predicted molar refractivity (Wildman–Crippen MR) is 145 cm³/mol. The molecular formula is C29H33BrN2O4. The largest absolute Gasteiger partial charge is 0.497 e. The molecule has 1 N–H and O–H groups in total. The molecule has 7 heteroatoms. The van der Waals surface area contributed by atoms with E-state index in [1.54, 1.807) is 12.0 Å². The van der Waals surface area contributed by atoms with Crippen molar-refractivity contribution in [3.8, 4) is 11.5 Å². The van der Waals surface area contributed by atoms with Gasteiger partial charge in [0.05, 0.1) is 11.6 Å². The molecule has 0 radical (unpaired) electrons. The van der Waals surface area contributed by atoms with Gasteiger partial charge in [-0.1, -0.05) is 62.2 Å². The van der Waals surface area contributed by atoms with E-state index in [-0.39, 0.29) is 31.0 Å².